The van der Waals surface area contributed by atoms with Crippen LogP contribution in [0.5, 0.6) is 0 Å². The first kappa shape index (κ1) is 18.2. The summed E-state index contributed by atoms with van der Waals surface area (Å²) in [6, 6.07) is 13.6. The maximum Gasteiger partial charge on any atom is 0.268 e. The first-order valence-corrected chi connectivity index (χ1v) is 10.6. The predicted octanol–water partition coefficient (Wildman–Crippen LogP) is 3.38. The zero-order valence-corrected chi connectivity index (χ0v) is 16.4. The molecule has 1 saturated carbocycles. The number of benzene rings is 2. The highest BCUT2D eigenvalue weighted by Gasteiger charge is 2.60. The van der Waals surface area contributed by atoms with E-state index in [1.165, 1.54) is 23.9 Å². The number of halogens is 1. The summed E-state index contributed by atoms with van der Waals surface area (Å²) in [6.07, 6.45) is 1.70. The summed E-state index contributed by atoms with van der Waals surface area (Å²) >= 11 is 1.41. The lowest BCUT2D eigenvalue weighted by Crippen LogP contribution is -2.50. The Morgan fingerprint density at radius 2 is 2.10 bits per heavy atom. The standard InChI is InChI=1S/C22H18FN3O2S/c23-17-6-7-19-18(11-17)22(26(8-9-29-22)20(27)16-4-5-16)21(28)25(19)13-15-3-1-2-14(10-15)12-24/h1-3,6-7,10-11,16H,4-5,8-9,13H2/t22-/m1/s1. The van der Waals surface area contributed by atoms with E-state index >= 15 is 0 Å². The number of hydrogen-bond donors (Lipinski definition) is 0. The zero-order chi connectivity index (χ0) is 20.2. The normalized spacial score (nSPS) is 22.8. The largest absolute Gasteiger partial charge is 0.315 e. The number of carbonyl (C=O) groups is 2. The summed E-state index contributed by atoms with van der Waals surface area (Å²) in [5.74, 6) is -0.0195. The molecule has 1 aliphatic carbocycles. The fourth-order valence-corrected chi connectivity index (χ4v) is 5.70. The molecule has 2 aromatic rings. The Balaban J connectivity index is 1.59. The van der Waals surface area contributed by atoms with Gasteiger partial charge < -0.3 is 9.80 Å². The van der Waals surface area contributed by atoms with Crippen molar-refractivity contribution in [2.24, 2.45) is 5.92 Å². The van der Waals surface area contributed by atoms with Gasteiger partial charge in [-0.1, -0.05) is 12.1 Å². The van der Waals surface area contributed by atoms with E-state index in [9.17, 15) is 14.0 Å². The van der Waals surface area contributed by atoms with Gasteiger partial charge in [0.25, 0.3) is 5.91 Å². The van der Waals surface area contributed by atoms with E-state index in [-0.39, 0.29) is 24.3 Å². The second-order valence-electron chi connectivity index (χ2n) is 7.62. The number of amides is 2. The van der Waals surface area contributed by atoms with Gasteiger partial charge in [0.1, 0.15) is 5.82 Å². The number of fused-ring (bicyclic) bond motifs is 2. The summed E-state index contributed by atoms with van der Waals surface area (Å²) in [5, 5.41) is 9.16. The van der Waals surface area contributed by atoms with Crippen LogP contribution in [0.2, 0.25) is 0 Å². The van der Waals surface area contributed by atoms with Crippen molar-refractivity contribution >= 4 is 29.3 Å². The van der Waals surface area contributed by atoms with Crippen LogP contribution in [0.25, 0.3) is 0 Å². The molecule has 146 valence electrons. The highest BCUT2D eigenvalue weighted by Crippen LogP contribution is 2.55. The fourth-order valence-electron chi connectivity index (χ4n) is 4.24. The molecule has 5 rings (SSSR count). The van der Waals surface area contributed by atoms with Crippen LogP contribution in [-0.2, 0) is 21.0 Å². The number of thioether (sulfide) groups is 1. The van der Waals surface area contributed by atoms with E-state index < -0.39 is 10.7 Å². The van der Waals surface area contributed by atoms with Gasteiger partial charge in [-0.05, 0) is 48.7 Å². The van der Waals surface area contributed by atoms with Crippen LogP contribution in [0, 0.1) is 23.1 Å². The van der Waals surface area contributed by atoms with Crippen LogP contribution in [0.15, 0.2) is 42.5 Å². The summed E-state index contributed by atoms with van der Waals surface area (Å²) in [5.41, 5.74) is 2.51. The van der Waals surface area contributed by atoms with Crippen molar-refractivity contribution in [3.05, 3.63) is 65.0 Å². The molecule has 7 heteroatoms. The van der Waals surface area contributed by atoms with E-state index in [0.717, 1.165) is 18.4 Å². The Morgan fingerprint density at radius 1 is 1.28 bits per heavy atom. The van der Waals surface area contributed by atoms with Crippen molar-refractivity contribution < 1.29 is 14.0 Å². The van der Waals surface area contributed by atoms with Crippen molar-refractivity contribution in [2.45, 2.75) is 24.3 Å². The second-order valence-corrected chi connectivity index (χ2v) is 8.91. The third-order valence-electron chi connectivity index (χ3n) is 5.74. The maximum absolute atomic E-state index is 14.2. The molecule has 1 atom stereocenters. The first-order chi connectivity index (χ1) is 14.0. The number of carbonyl (C=O) groups excluding carboxylic acids is 2. The molecule has 0 radical (unpaired) electrons. The Morgan fingerprint density at radius 3 is 2.86 bits per heavy atom. The topological polar surface area (TPSA) is 64.4 Å². The molecule has 29 heavy (non-hydrogen) atoms. The van der Waals surface area contributed by atoms with Gasteiger partial charge in [0.05, 0.1) is 23.9 Å². The van der Waals surface area contributed by atoms with Gasteiger partial charge in [0, 0.05) is 23.8 Å². The zero-order valence-electron chi connectivity index (χ0n) is 15.6. The van der Waals surface area contributed by atoms with Gasteiger partial charge in [-0.2, -0.15) is 5.26 Å². The molecule has 3 aliphatic rings. The van der Waals surface area contributed by atoms with Crippen LogP contribution < -0.4 is 4.90 Å². The molecule has 0 N–H and O–H groups in total. The van der Waals surface area contributed by atoms with Crippen LogP contribution in [-0.4, -0.2) is 29.0 Å². The van der Waals surface area contributed by atoms with Gasteiger partial charge >= 0.3 is 0 Å². The quantitative estimate of drug-likeness (QED) is 0.783. The Kier molecular flexibility index (Phi) is 4.14. The van der Waals surface area contributed by atoms with E-state index in [1.54, 1.807) is 34.1 Å². The maximum atomic E-state index is 14.2. The minimum atomic E-state index is -1.19. The third-order valence-corrected chi connectivity index (χ3v) is 7.16. The average molecular weight is 407 g/mol. The van der Waals surface area contributed by atoms with Crippen molar-refractivity contribution in [1.82, 2.24) is 4.90 Å². The van der Waals surface area contributed by atoms with Crippen molar-refractivity contribution in [3.63, 3.8) is 0 Å². The molecule has 1 spiro atoms. The average Bonchev–Trinajstić information content (AvgIpc) is 3.45. The Hall–Kier alpha value is -2.85. The van der Waals surface area contributed by atoms with Crippen molar-refractivity contribution in [3.8, 4) is 6.07 Å². The highest BCUT2D eigenvalue weighted by atomic mass is 32.2. The highest BCUT2D eigenvalue weighted by molar-refractivity contribution is 8.01. The smallest absolute Gasteiger partial charge is 0.268 e. The van der Waals surface area contributed by atoms with Gasteiger partial charge in [-0.3, -0.25) is 9.59 Å². The fraction of sp³-hybridized carbons (Fsp3) is 0.318. The number of rotatable bonds is 3. The van der Waals surface area contributed by atoms with Gasteiger partial charge in [0.2, 0.25) is 5.91 Å². The molecule has 2 aromatic carbocycles. The van der Waals surface area contributed by atoms with Gasteiger partial charge in [-0.25, -0.2) is 4.39 Å². The summed E-state index contributed by atoms with van der Waals surface area (Å²) < 4.78 is 14.2. The lowest BCUT2D eigenvalue weighted by molar-refractivity contribution is -0.141. The lowest BCUT2D eigenvalue weighted by Gasteiger charge is -2.33. The SMILES string of the molecule is N#Cc1cccc(CN2C(=O)[C@]3(SCCN3C(=O)C3CC3)c3cc(F)ccc32)c1. The molecule has 2 fully saturated rings. The summed E-state index contributed by atoms with van der Waals surface area (Å²) in [7, 11) is 0. The summed E-state index contributed by atoms with van der Waals surface area (Å²) in [4.78, 5) is 28.8. The van der Waals surface area contributed by atoms with Crippen LogP contribution >= 0.6 is 11.8 Å². The third kappa shape index (κ3) is 2.74. The molecule has 2 heterocycles. The number of nitrogens with zero attached hydrogens (tertiary/aromatic N) is 3. The number of hydrogen-bond acceptors (Lipinski definition) is 4. The van der Waals surface area contributed by atoms with E-state index in [4.69, 9.17) is 5.26 Å². The lowest BCUT2D eigenvalue weighted by atomic mass is 10.0. The van der Waals surface area contributed by atoms with E-state index in [2.05, 4.69) is 6.07 Å². The first-order valence-electron chi connectivity index (χ1n) is 9.61. The number of anilines is 1. The predicted molar refractivity (Wildman–Crippen MR) is 107 cm³/mol. The van der Waals surface area contributed by atoms with Gasteiger partial charge in [-0.15, -0.1) is 11.8 Å². The molecule has 2 aliphatic heterocycles. The molecule has 0 unspecified atom stereocenters. The molecular formula is C22H18FN3O2S. The van der Waals surface area contributed by atoms with E-state index in [0.29, 0.717) is 29.1 Å². The molecule has 0 bridgehead atoms. The molecule has 5 nitrogen and oxygen atoms in total. The van der Waals surface area contributed by atoms with E-state index in [1.807, 2.05) is 6.07 Å². The molecule has 1 saturated heterocycles. The molecule has 2 amide bonds. The van der Waals surface area contributed by atoms with Gasteiger partial charge in [0.15, 0.2) is 4.87 Å². The van der Waals surface area contributed by atoms with Crippen molar-refractivity contribution in [1.29, 1.82) is 5.26 Å². The molecule has 0 aromatic heterocycles. The second kappa shape index (κ2) is 6.60. The van der Waals surface area contributed by atoms with Crippen LogP contribution in [0.3, 0.4) is 0 Å². The Labute approximate surface area is 172 Å². The number of nitriles is 1. The molecular weight excluding hydrogens is 389 g/mol. The van der Waals surface area contributed by atoms with Crippen LogP contribution in [0.4, 0.5) is 10.1 Å². The minimum absolute atomic E-state index is 0.00751. The minimum Gasteiger partial charge on any atom is -0.315 e. The Bertz CT molecular complexity index is 1080. The van der Waals surface area contributed by atoms with Crippen molar-refractivity contribution in [2.75, 3.05) is 17.2 Å². The van der Waals surface area contributed by atoms with Crippen LogP contribution in [0.1, 0.15) is 29.5 Å². The monoisotopic (exact) mass is 407 g/mol. The summed E-state index contributed by atoms with van der Waals surface area (Å²) in [6.45, 7) is 0.750.